The van der Waals surface area contributed by atoms with Crippen LogP contribution in [0.5, 0.6) is 0 Å². The highest BCUT2D eigenvalue weighted by molar-refractivity contribution is 6.32. The molecule has 1 aromatic heterocycles. The van der Waals surface area contributed by atoms with E-state index in [0.717, 1.165) is 62.6 Å². The minimum atomic E-state index is -0.176. The summed E-state index contributed by atoms with van der Waals surface area (Å²) < 4.78 is 10.8. The number of carbonyl (C=O) groups excluding carboxylic acids is 1. The summed E-state index contributed by atoms with van der Waals surface area (Å²) in [6, 6.07) is 6.25. The van der Waals surface area contributed by atoms with Gasteiger partial charge in [-0.05, 0) is 69.8 Å². The van der Waals surface area contributed by atoms with Gasteiger partial charge in [0.15, 0.2) is 0 Å². The first kappa shape index (κ1) is 24.9. The van der Waals surface area contributed by atoms with Gasteiger partial charge < -0.3 is 25.1 Å². The Balaban J connectivity index is 1.33. The van der Waals surface area contributed by atoms with Gasteiger partial charge in [0.2, 0.25) is 0 Å². The third-order valence-corrected chi connectivity index (χ3v) is 7.62. The van der Waals surface area contributed by atoms with E-state index in [2.05, 4.69) is 31.2 Å². The number of aromatic nitrogens is 2. The summed E-state index contributed by atoms with van der Waals surface area (Å²) in [5.74, 6) is 2.39. The highest BCUT2D eigenvalue weighted by atomic mass is 35.5. The quantitative estimate of drug-likeness (QED) is 0.405. The molecule has 9 nitrogen and oxygen atoms in total. The zero-order valence-electron chi connectivity index (χ0n) is 20.8. The zero-order valence-corrected chi connectivity index (χ0v) is 21.6. The van der Waals surface area contributed by atoms with Crippen molar-refractivity contribution in [3.05, 3.63) is 40.2 Å². The third kappa shape index (κ3) is 5.33. The number of hydrogen-bond donors (Lipinski definition) is 2. The summed E-state index contributed by atoms with van der Waals surface area (Å²) in [6.45, 7) is 7.67. The predicted molar refractivity (Wildman–Crippen MR) is 140 cm³/mol. The first-order valence-electron chi connectivity index (χ1n) is 12.7. The van der Waals surface area contributed by atoms with Gasteiger partial charge >= 0.3 is 5.97 Å². The van der Waals surface area contributed by atoms with Crippen molar-refractivity contribution < 1.29 is 14.3 Å². The molecule has 0 amide bonds. The van der Waals surface area contributed by atoms with Crippen LogP contribution in [-0.4, -0.2) is 78.6 Å². The molecule has 2 N–H and O–H groups in total. The number of nitrogens with zero attached hydrogens (tertiary/aromatic N) is 4. The van der Waals surface area contributed by atoms with Crippen LogP contribution in [0.15, 0.2) is 18.2 Å². The molecule has 3 fully saturated rings. The lowest BCUT2D eigenvalue weighted by Gasteiger charge is -2.32. The smallest absolute Gasteiger partial charge is 0.320 e. The molecule has 2 aromatic rings. The van der Waals surface area contributed by atoms with Gasteiger partial charge in [-0.1, -0.05) is 11.6 Å². The molecule has 3 aliphatic heterocycles. The number of fused-ring (bicyclic) bond motifs is 2. The third-order valence-electron chi connectivity index (χ3n) is 7.29. The number of aryl methyl sites for hydroxylation is 1. The number of morpholine rings is 1. The molecular formula is C26H33ClN6O3. The lowest BCUT2D eigenvalue weighted by molar-refractivity contribution is -0.144. The molecule has 2 atom stereocenters. The molecule has 36 heavy (non-hydrogen) atoms. The lowest BCUT2D eigenvalue weighted by Crippen LogP contribution is -2.37. The minimum Gasteiger partial charge on any atom is -0.465 e. The van der Waals surface area contributed by atoms with Crippen molar-refractivity contribution in [3.63, 3.8) is 0 Å². The van der Waals surface area contributed by atoms with Gasteiger partial charge in [-0.2, -0.15) is 0 Å². The van der Waals surface area contributed by atoms with Crippen LogP contribution in [0.25, 0.3) is 0 Å². The summed E-state index contributed by atoms with van der Waals surface area (Å²) in [5.41, 5.74) is 2.56. The van der Waals surface area contributed by atoms with Crippen molar-refractivity contribution in [1.29, 1.82) is 5.41 Å². The standard InChI is InChI=1S/C26H33ClN6O3/c1-3-35-26(34)14-32-6-4-17(5-7-32)21-10-23(18(12-28)8-22(21)27)31-24-11-25(30-16(2)29-24)33-13-20-9-19(33)15-36-20/h8,10-12,17,19-20,28H,3-7,9,13-15H2,1-2H3,(H,29,30,31). The van der Waals surface area contributed by atoms with Crippen molar-refractivity contribution >= 4 is 41.1 Å². The van der Waals surface area contributed by atoms with E-state index in [9.17, 15) is 4.79 Å². The minimum absolute atomic E-state index is 0.176. The van der Waals surface area contributed by atoms with Gasteiger partial charge in [-0.3, -0.25) is 9.69 Å². The second-order valence-corrected chi connectivity index (χ2v) is 10.1. The molecular weight excluding hydrogens is 480 g/mol. The number of carbonyl (C=O) groups is 1. The van der Waals surface area contributed by atoms with E-state index in [1.54, 1.807) is 0 Å². The number of esters is 1. The van der Waals surface area contributed by atoms with E-state index in [1.165, 1.54) is 6.21 Å². The molecule has 0 aliphatic carbocycles. The van der Waals surface area contributed by atoms with Crippen molar-refractivity contribution in [2.45, 2.75) is 51.2 Å². The molecule has 192 valence electrons. The first-order chi connectivity index (χ1) is 17.4. The van der Waals surface area contributed by atoms with E-state index in [0.29, 0.717) is 41.4 Å². The average Bonchev–Trinajstić information content (AvgIpc) is 3.49. The van der Waals surface area contributed by atoms with E-state index in [-0.39, 0.29) is 18.0 Å². The number of ether oxygens (including phenoxy) is 2. The number of piperidine rings is 1. The van der Waals surface area contributed by atoms with Crippen LogP contribution in [0.4, 0.5) is 17.3 Å². The average molecular weight is 513 g/mol. The summed E-state index contributed by atoms with van der Waals surface area (Å²) in [6.07, 6.45) is 4.44. The Kier molecular flexibility index (Phi) is 7.41. The normalized spacial score (nSPS) is 22.1. The fourth-order valence-corrected chi connectivity index (χ4v) is 5.84. The molecule has 5 rings (SSSR count). The Morgan fingerprint density at radius 3 is 2.78 bits per heavy atom. The maximum Gasteiger partial charge on any atom is 0.320 e. The molecule has 0 spiro atoms. The van der Waals surface area contributed by atoms with Crippen molar-refractivity contribution in [3.8, 4) is 0 Å². The molecule has 10 heteroatoms. The molecule has 1 aromatic carbocycles. The number of benzene rings is 1. The fraction of sp³-hybridized carbons (Fsp3) is 0.538. The number of rotatable bonds is 8. The van der Waals surface area contributed by atoms with Gasteiger partial charge in [-0.15, -0.1) is 0 Å². The van der Waals surface area contributed by atoms with E-state index in [1.807, 2.05) is 26.0 Å². The number of halogens is 1. The Hall–Kier alpha value is -2.75. The van der Waals surface area contributed by atoms with Crippen molar-refractivity contribution in [2.24, 2.45) is 0 Å². The van der Waals surface area contributed by atoms with Gasteiger partial charge in [-0.25, -0.2) is 9.97 Å². The lowest BCUT2D eigenvalue weighted by atomic mass is 9.88. The summed E-state index contributed by atoms with van der Waals surface area (Å²) >= 11 is 6.69. The number of anilines is 3. The highest BCUT2D eigenvalue weighted by Gasteiger charge is 2.39. The summed E-state index contributed by atoms with van der Waals surface area (Å²) in [4.78, 5) is 25.6. The van der Waals surface area contributed by atoms with E-state index < -0.39 is 0 Å². The van der Waals surface area contributed by atoms with Crippen LogP contribution in [0.1, 0.15) is 49.1 Å². The van der Waals surface area contributed by atoms with Gasteiger partial charge in [0.1, 0.15) is 17.5 Å². The van der Waals surface area contributed by atoms with Crippen LogP contribution >= 0.6 is 11.6 Å². The van der Waals surface area contributed by atoms with Crippen molar-refractivity contribution in [2.75, 3.05) is 49.6 Å². The van der Waals surface area contributed by atoms with Gasteiger partial charge in [0, 0.05) is 35.1 Å². The molecule has 0 radical (unpaired) electrons. The Bertz CT molecular complexity index is 1140. The van der Waals surface area contributed by atoms with Gasteiger partial charge in [0.05, 0.1) is 31.9 Å². The largest absolute Gasteiger partial charge is 0.465 e. The second kappa shape index (κ2) is 10.7. The van der Waals surface area contributed by atoms with Crippen LogP contribution in [0.3, 0.4) is 0 Å². The van der Waals surface area contributed by atoms with E-state index >= 15 is 0 Å². The number of likely N-dealkylation sites (tertiary alicyclic amines) is 1. The monoisotopic (exact) mass is 512 g/mol. The molecule has 3 saturated heterocycles. The molecule has 3 aliphatic rings. The maximum atomic E-state index is 11.8. The summed E-state index contributed by atoms with van der Waals surface area (Å²) in [7, 11) is 0. The van der Waals surface area contributed by atoms with Crippen LogP contribution in [-0.2, 0) is 14.3 Å². The first-order valence-corrected chi connectivity index (χ1v) is 13.0. The zero-order chi connectivity index (χ0) is 25.2. The van der Waals surface area contributed by atoms with Crippen LogP contribution in [0, 0.1) is 12.3 Å². The van der Waals surface area contributed by atoms with Crippen LogP contribution in [0.2, 0.25) is 5.02 Å². The van der Waals surface area contributed by atoms with Gasteiger partial charge in [0.25, 0.3) is 0 Å². The SMILES string of the molecule is CCOC(=O)CN1CCC(c2cc(Nc3cc(N4CC5CC4CO5)nc(C)n3)c(C=N)cc2Cl)CC1. The molecule has 0 saturated carbocycles. The number of hydrogen-bond acceptors (Lipinski definition) is 9. The Morgan fingerprint density at radius 2 is 2.11 bits per heavy atom. The Labute approximate surface area is 216 Å². The predicted octanol–water partition coefficient (Wildman–Crippen LogP) is 3.90. The number of nitrogens with one attached hydrogen (secondary N) is 2. The maximum absolute atomic E-state index is 11.8. The molecule has 4 heterocycles. The second-order valence-electron chi connectivity index (χ2n) is 9.74. The molecule has 2 unspecified atom stereocenters. The fourth-order valence-electron chi connectivity index (χ4n) is 5.52. The van der Waals surface area contributed by atoms with Crippen molar-refractivity contribution in [1.82, 2.24) is 14.9 Å². The summed E-state index contributed by atoms with van der Waals surface area (Å²) in [5, 5.41) is 12.0. The van der Waals surface area contributed by atoms with Crippen LogP contribution < -0.4 is 10.2 Å². The Morgan fingerprint density at radius 1 is 1.31 bits per heavy atom. The van der Waals surface area contributed by atoms with E-state index in [4.69, 9.17) is 26.5 Å². The molecule has 2 bridgehead atoms. The topological polar surface area (TPSA) is 104 Å². The highest BCUT2D eigenvalue weighted by Crippen LogP contribution is 2.37.